The molecule has 0 aliphatic rings. The summed E-state index contributed by atoms with van der Waals surface area (Å²) in [6.45, 7) is 4.83. The number of aryl methyl sites for hydroxylation is 1. The van der Waals surface area contributed by atoms with Gasteiger partial charge < -0.3 is 10.5 Å². The van der Waals surface area contributed by atoms with Crippen LogP contribution in [-0.2, 0) is 6.42 Å². The average Bonchev–Trinajstić information content (AvgIpc) is 2.37. The molecule has 0 radical (unpaired) electrons. The number of nitrogens with two attached hydrogens (primary N) is 1. The minimum Gasteiger partial charge on any atom is -0.491 e. The summed E-state index contributed by atoms with van der Waals surface area (Å²) in [5.41, 5.74) is 6.92. The zero-order valence-corrected chi connectivity index (χ0v) is 11.1. The Balaban J connectivity index is 2.48. The van der Waals surface area contributed by atoms with Gasteiger partial charge in [0, 0.05) is 5.56 Å². The molecule has 96 valence electrons. The fraction of sp³-hybridized carbons (Fsp3) is 0.375. The van der Waals surface area contributed by atoms with Crippen molar-refractivity contribution < 1.29 is 4.74 Å². The van der Waals surface area contributed by atoms with Crippen LogP contribution in [0.15, 0.2) is 36.4 Å². The molecule has 2 N–H and O–H groups in total. The highest BCUT2D eigenvalue weighted by molar-refractivity contribution is 5.87. The van der Waals surface area contributed by atoms with E-state index in [9.17, 15) is 0 Å². The Hall–Kier alpha value is -1.54. The first-order valence-electron chi connectivity index (χ1n) is 6.59. The lowest BCUT2D eigenvalue weighted by atomic mass is 9.99. The van der Waals surface area contributed by atoms with E-state index in [0.29, 0.717) is 6.54 Å². The molecule has 0 heterocycles. The summed E-state index contributed by atoms with van der Waals surface area (Å²) in [7, 11) is 0. The Morgan fingerprint density at radius 1 is 1.11 bits per heavy atom. The van der Waals surface area contributed by atoms with Gasteiger partial charge in [-0.1, -0.05) is 30.3 Å². The Bertz CT molecular complexity index is 519. The van der Waals surface area contributed by atoms with E-state index >= 15 is 0 Å². The number of hydrogen-bond acceptors (Lipinski definition) is 2. The van der Waals surface area contributed by atoms with Crippen LogP contribution >= 0.6 is 0 Å². The van der Waals surface area contributed by atoms with Crippen LogP contribution in [0.3, 0.4) is 0 Å². The third kappa shape index (κ3) is 2.82. The van der Waals surface area contributed by atoms with Crippen LogP contribution in [0.5, 0.6) is 5.75 Å². The van der Waals surface area contributed by atoms with Crippen LogP contribution in [0.25, 0.3) is 10.8 Å². The van der Waals surface area contributed by atoms with E-state index in [0.717, 1.165) is 18.6 Å². The predicted octanol–water partition coefficient (Wildman–Crippen LogP) is 3.52. The molecule has 0 amide bonds. The fourth-order valence-corrected chi connectivity index (χ4v) is 2.22. The zero-order chi connectivity index (χ0) is 13.0. The minimum absolute atomic E-state index is 0.197. The lowest BCUT2D eigenvalue weighted by molar-refractivity contribution is 0.240. The van der Waals surface area contributed by atoms with Crippen molar-refractivity contribution in [1.29, 1.82) is 0 Å². The summed E-state index contributed by atoms with van der Waals surface area (Å²) >= 11 is 0. The summed E-state index contributed by atoms with van der Waals surface area (Å²) in [5, 5.41) is 2.55. The molecule has 0 spiro atoms. The molecule has 0 unspecified atom stereocenters. The first-order valence-corrected chi connectivity index (χ1v) is 6.59. The van der Waals surface area contributed by atoms with Gasteiger partial charge >= 0.3 is 0 Å². The monoisotopic (exact) mass is 243 g/mol. The third-order valence-electron chi connectivity index (χ3n) is 2.99. The molecule has 0 bridgehead atoms. The van der Waals surface area contributed by atoms with Gasteiger partial charge in [0.25, 0.3) is 0 Å². The molecule has 0 aliphatic heterocycles. The van der Waals surface area contributed by atoms with Crippen LogP contribution in [0.2, 0.25) is 0 Å². The molecule has 0 fully saturated rings. The van der Waals surface area contributed by atoms with Gasteiger partial charge in [-0.05, 0) is 50.1 Å². The van der Waals surface area contributed by atoms with Crippen LogP contribution in [-0.4, -0.2) is 12.6 Å². The van der Waals surface area contributed by atoms with Crippen molar-refractivity contribution in [1.82, 2.24) is 0 Å². The maximum absolute atomic E-state index is 5.91. The lowest BCUT2D eigenvalue weighted by Crippen LogP contribution is -2.09. The predicted molar refractivity (Wildman–Crippen MR) is 77.1 cm³/mol. The molecule has 0 saturated heterocycles. The van der Waals surface area contributed by atoms with E-state index < -0.39 is 0 Å². The van der Waals surface area contributed by atoms with Crippen molar-refractivity contribution in [2.45, 2.75) is 32.8 Å². The number of ether oxygens (including phenoxy) is 1. The van der Waals surface area contributed by atoms with E-state index in [1.54, 1.807) is 0 Å². The fourth-order valence-electron chi connectivity index (χ4n) is 2.22. The van der Waals surface area contributed by atoms with Crippen molar-refractivity contribution in [3.63, 3.8) is 0 Å². The van der Waals surface area contributed by atoms with Crippen molar-refractivity contribution in [3.8, 4) is 5.75 Å². The van der Waals surface area contributed by atoms with Crippen molar-refractivity contribution in [3.05, 3.63) is 42.0 Å². The van der Waals surface area contributed by atoms with E-state index in [1.807, 2.05) is 0 Å². The first kappa shape index (κ1) is 12.9. The lowest BCUT2D eigenvalue weighted by Gasteiger charge is -2.16. The smallest absolute Gasteiger partial charge is 0.123 e. The van der Waals surface area contributed by atoms with Crippen LogP contribution in [0, 0.1) is 0 Å². The molecule has 2 aromatic carbocycles. The molecule has 0 aliphatic carbocycles. The maximum atomic E-state index is 5.91. The van der Waals surface area contributed by atoms with Crippen LogP contribution in [0.4, 0.5) is 0 Å². The van der Waals surface area contributed by atoms with Gasteiger partial charge in [-0.25, -0.2) is 0 Å². The third-order valence-corrected chi connectivity index (χ3v) is 2.99. The Morgan fingerprint density at radius 2 is 1.89 bits per heavy atom. The molecule has 0 saturated carbocycles. The van der Waals surface area contributed by atoms with Crippen molar-refractivity contribution in [2.75, 3.05) is 6.54 Å². The zero-order valence-electron chi connectivity index (χ0n) is 11.1. The normalized spacial score (nSPS) is 11.1. The van der Waals surface area contributed by atoms with E-state index in [4.69, 9.17) is 10.5 Å². The molecular formula is C16H21NO. The SMILES string of the molecule is CC(C)Oc1ccc2ccccc2c1CCCN. The second-order valence-corrected chi connectivity index (χ2v) is 4.82. The first-order chi connectivity index (χ1) is 8.72. The summed E-state index contributed by atoms with van der Waals surface area (Å²) < 4.78 is 5.91. The molecule has 0 atom stereocenters. The molecule has 0 aromatic heterocycles. The van der Waals surface area contributed by atoms with Gasteiger partial charge in [0.15, 0.2) is 0 Å². The Morgan fingerprint density at radius 3 is 2.61 bits per heavy atom. The molecular weight excluding hydrogens is 222 g/mol. The van der Waals surface area contributed by atoms with Crippen LogP contribution < -0.4 is 10.5 Å². The largest absolute Gasteiger partial charge is 0.491 e. The standard InChI is InChI=1S/C16H21NO/c1-12(2)18-16-10-9-13-6-3-4-7-14(13)15(16)8-5-11-17/h3-4,6-7,9-10,12H,5,8,11,17H2,1-2H3. The number of fused-ring (bicyclic) bond motifs is 1. The highest BCUT2D eigenvalue weighted by Gasteiger charge is 2.09. The summed E-state index contributed by atoms with van der Waals surface area (Å²) in [6, 6.07) is 12.6. The van der Waals surface area contributed by atoms with Crippen LogP contribution in [0.1, 0.15) is 25.8 Å². The number of benzene rings is 2. The van der Waals surface area contributed by atoms with Gasteiger partial charge in [-0.15, -0.1) is 0 Å². The highest BCUT2D eigenvalue weighted by atomic mass is 16.5. The summed E-state index contributed by atoms with van der Waals surface area (Å²) in [5.74, 6) is 0.997. The van der Waals surface area contributed by atoms with Gasteiger partial charge in [0.2, 0.25) is 0 Å². The van der Waals surface area contributed by atoms with Gasteiger partial charge in [0.05, 0.1) is 6.10 Å². The van der Waals surface area contributed by atoms with Crippen molar-refractivity contribution in [2.24, 2.45) is 5.73 Å². The Labute approximate surface area is 109 Å². The second kappa shape index (κ2) is 5.87. The topological polar surface area (TPSA) is 35.2 Å². The van der Waals surface area contributed by atoms with Gasteiger partial charge in [-0.3, -0.25) is 0 Å². The molecule has 2 rings (SSSR count). The average molecular weight is 243 g/mol. The summed E-state index contributed by atoms with van der Waals surface area (Å²) in [6.07, 6.45) is 2.16. The van der Waals surface area contributed by atoms with E-state index in [-0.39, 0.29) is 6.10 Å². The quantitative estimate of drug-likeness (QED) is 0.872. The number of rotatable bonds is 5. The van der Waals surface area contributed by atoms with Gasteiger partial charge in [0.1, 0.15) is 5.75 Å². The number of hydrogen-bond donors (Lipinski definition) is 1. The Kier molecular flexibility index (Phi) is 4.21. The molecule has 2 nitrogen and oxygen atoms in total. The molecule has 2 heteroatoms. The van der Waals surface area contributed by atoms with Gasteiger partial charge in [-0.2, -0.15) is 0 Å². The van der Waals surface area contributed by atoms with E-state index in [1.165, 1.54) is 16.3 Å². The minimum atomic E-state index is 0.197. The highest BCUT2D eigenvalue weighted by Crippen LogP contribution is 2.29. The van der Waals surface area contributed by atoms with Crippen molar-refractivity contribution >= 4 is 10.8 Å². The van der Waals surface area contributed by atoms with E-state index in [2.05, 4.69) is 50.2 Å². The maximum Gasteiger partial charge on any atom is 0.123 e. The summed E-state index contributed by atoms with van der Waals surface area (Å²) in [4.78, 5) is 0. The molecule has 18 heavy (non-hydrogen) atoms. The second-order valence-electron chi connectivity index (χ2n) is 4.82. The molecule has 2 aromatic rings.